The number of rotatable bonds is 9. The van der Waals surface area contributed by atoms with Crippen molar-refractivity contribution < 1.29 is 14.9 Å². The smallest absolute Gasteiger partial charge is 0.122 e. The molecule has 0 bridgehead atoms. The molecule has 2 atom stereocenters. The van der Waals surface area contributed by atoms with E-state index in [1.165, 1.54) is 0 Å². The van der Waals surface area contributed by atoms with Gasteiger partial charge in [-0.3, -0.25) is 0 Å². The fourth-order valence-electron chi connectivity index (χ4n) is 2.70. The summed E-state index contributed by atoms with van der Waals surface area (Å²) in [6.07, 6.45) is 1.26. The highest BCUT2D eigenvalue weighted by Crippen LogP contribution is 2.23. The quantitative estimate of drug-likeness (QED) is 0.653. The second kappa shape index (κ2) is 8.37. The third kappa shape index (κ3) is 6.04. The van der Waals surface area contributed by atoms with Gasteiger partial charge in [0.25, 0.3) is 0 Å². The van der Waals surface area contributed by atoms with E-state index in [0.717, 1.165) is 11.3 Å². The molecule has 0 radical (unpaired) electrons. The van der Waals surface area contributed by atoms with E-state index in [2.05, 4.69) is 19.2 Å². The van der Waals surface area contributed by atoms with Crippen LogP contribution in [-0.2, 0) is 6.42 Å². The van der Waals surface area contributed by atoms with Crippen molar-refractivity contribution in [2.75, 3.05) is 13.2 Å². The van der Waals surface area contributed by atoms with Crippen LogP contribution < -0.4 is 10.1 Å². The van der Waals surface area contributed by atoms with Gasteiger partial charge in [-0.15, -0.1) is 0 Å². The van der Waals surface area contributed by atoms with E-state index in [1.54, 1.807) is 0 Å². The highest BCUT2D eigenvalue weighted by molar-refractivity contribution is 5.33. The van der Waals surface area contributed by atoms with Crippen LogP contribution in [0.4, 0.5) is 0 Å². The van der Waals surface area contributed by atoms with E-state index in [4.69, 9.17) is 9.84 Å². The molecule has 0 saturated carbocycles. The number of aliphatic hydroxyl groups excluding tert-OH is 2. The van der Waals surface area contributed by atoms with Crippen LogP contribution in [0.2, 0.25) is 0 Å². The van der Waals surface area contributed by atoms with Gasteiger partial charge in [0, 0.05) is 24.6 Å². The van der Waals surface area contributed by atoms with E-state index >= 15 is 0 Å². The lowest BCUT2D eigenvalue weighted by molar-refractivity contribution is 0.103. The first-order valence-corrected chi connectivity index (χ1v) is 7.64. The maximum Gasteiger partial charge on any atom is 0.122 e. The normalized spacial score (nSPS) is 15.8. The topological polar surface area (TPSA) is 61.7 Å². The van der Waals surface area contributed by atoms with Crippen LogP contribution in [-0.4, -0.2) is 41.1 Å². The molecular formula is C17H29NO3. The molecule has 0 heterocycles. The molecule has 3 N–H and O–H groups in total. The predicted octanol–water partition coefficient (Wildman–Crippen LogP) is 2.13. The summed E-state index contributed by atoms with van der Waals surface area (Å²) in [6.45, 7) is 8.32. The van der Waals surface area contributed by atoms with Crippen LogP contribution in [0.3, 0.4) is 0 Å². The first-order chi connectivity index (χ1) is 9.90. The fourth-order valence-corrected chi connectivity index (χ4v) is 2.70. The summed E-state index contributed by atoms with van der Waals surface area (Å²) in [5.41, 5.74) is 0.647. The Kier molecular flexibility index (Phi) is 7.15. The van der Waals surface area contributed by atoms with Crippen molar-refractivity contribution >= 4 is 0 Å². The Morgan fingerprint density at radius 1 is 1.19 bits per heavy atom. The second-order valence-corrected chi connectivity index (χ2v) is 6.23. The molecule has 2 unspecified atom stereocenters. The maximum absolute atomic E-state index is 9.64. The Bertz CT molecular complexity index is 422. The van der Waals surface area contributed by atoms with Gasteiger partial charge in [0.2, 0.25) is 0 Å². The van der Waals surface area contributed by atoms with Gasteiger partial charge in [0.1, 0.15) is 5.75 Å². The molecule has 21 heavy (non-hydrogen) atoms. The molecule has 0 fully saturated rings. The molecule has 1 rings (SSSR count). The standard InChI is InChI=1S/C17H29NO3/c1-13(2)18-17(4,12-20)11-14(3)21-16-8-6-5-7-15(16)9-10-19/h5-8,13-14,18-20H,9-12H2,1-4H3. The maximum atomic E-state index is 9.64. The van der Waals surface area contributed by atoms with E-state index in [9.17, 15) is 5.11 Å². The van der Waals surface area contributed by atoms with Gasteiger partial charge in [0.15, 0.2) is 0 Å². The summed E-state index contributed by atoms with van der Waals surface area (Å²) in [5, 5.41) is 22.1. The van der Waals surface area contributed by atoms with Crippen molar-refractivity contribution in [1.29, 1.82) is 0 Å². The highest BCUT2D eigenvalue weighted by atomic mass is 16.5. The average Bonchev–Trinajstić information content (AvgIpc) is 2.40. The Balaban J connectivity index is 2.70. The highest BCUT2D eigenvalue weighted by Gasteiger charge is 2.27. The Morgan fingerprint density at radius 3 is 2.43 bits per heavy atom. The second-order valence-electron chi connectivity index (χ2n) is 6.23. The van der Waals surface area contributed by atoms with Crippen LogP contribution in [0.15, 0.2) is 24.3 Å². The largest absolute Gasteiger partial charge is 0.490 e. The first kappa shape index (κ1) is 18.0. The molecule has 1 aromatic rings. The number of hydrogen-bond donors (Lipinski definition) is 3. The van der Waals surface area contributed by atoms with Gasteiger partial charge in [-0.2, -0.15) is 0 Å². The molecule has 0 aliphatic rings. The van der Waals surface area contributed by atoms with Crippen LogP contribution in [0.25, 0.3) is 0 Å². The average molecular weight is 295 g/mol. The minimum absolute atomic E-state index is 0.0340. The van der Waals surface area contributed by atoms with Gasteiger partial charge >= 0.3 is 0 Å². The lowest BCUT2D eigenvalue weighted by atomic mass is 9.94. The molecule has 0 saturated heterocycles. The lowest BCUT2D eigenvalue weighted by Crippen LogP contribution is -2.51. The number of nitrogens with one attached hydrogen (secondary N) is 1. The summed E-state index contributed by atoms with van der Waals surface area (Å²) in [6, 6.07) is 8.07. The molecule has 0 amide bonds. The third-order valence-electron chi connectivity index (χ3n) is 3.41. The molecule has 4 heteroatoms. The van der Waals surface area contributed by atoms with Gasteiger partial charge in [-0.1, -0.05) is 32.0 Å². The Labute approximate surface area is 128 Å². The molecule has 0 aliphatic heterocycles. The molecule has 0 spiro atoms. The summed E-state index contributed by atoms with van der Waals surface area (Å²) >= 11 is 0. The molecule has 120 valence electrons. The van der Waals surface area contributed by atoms with Crippen molar-refractivity contribution in [3.63, 3.8) is 0 Å². The van der Waals surface area contributed by atoms with Crippen LogP contribution >= 0.6 is 0 Å². The molecule has 0 aromatic heterocycles. The van der Waals surface area contributed by atoms with Gasteiger partial charge < -0.3 is 20.3 Å². The van der Waals surface area contributed by atoms with E-state index < -0.39 is 0 Å². The first-order valence-electron chi connectivity index (χ1n) is 7.64. The van der Waals surface area contributed by atoms with E-state index in [1.807, 2.05) is 38.1 Å². The predicted molar refractivity (Wildman–Crippen MR) is 85.7 cm³/mol. The van der Waals surface area contributed by atoms with Crippen molar-refractivity contribution in [2.24, 2.45) is 0 Å². The van der Waals surface area contributed by atoms with E-state index in [0.29, 0.717) is 18.9 Å². The monoisotopic (exact) mass is 295 g/mol. The number of ether oxygens (including phenoxy) is 1. The minimum atomic E-state index is -0.362. The molecule has 4 nitrogen and oxygen atoms in total. The number of para-hydroxylation sites is 1. The van der Waals surface area contributed by atoms with Crippen LogP contribution in [0, 0.1) is 0 Å². The van der Waals surface area contributed by atoms with Crippen LogP contribution in [0.5, 0.6) is 5.75 Å². The number of aliphatic hydroxyl groups is 2. The van der Waals surface area contributed by atoms with Crippen molar-refractivity contribution in [1.82, 2.24) is 5.32 Å². The van der Waals surface area contributed by atoms with Gasteiger partial charge in [-0.05, 0) is 31.9 Å². The zero-order valence-electron chi connectivity index (χ0n) is 13.6. The Morgan fingerprint density at radius 2 is 1.86 bits per heavy atom. The van der Waals surface area contributed by atoms with Crippen molar-refractivity contribution in [2.45, 2.75) is 58.2 Å². The molecular weight excluding hydrogens is 266 g/mol. The summed E-state index contributed by atoms with van der Waals surface area (Å²) in [4.78, 5) is 0. The minimum Gasteiger partial charge on any atom is -0.490 e. The SMILES string of the molecule is CC(C)NC(C)(CO)CC(C)Oc1ccccc1CCO. The zero-order valence-corrected chi connectivity index (χ0v) is 13.6. The third-order valence-corrected chi connectivity index (χ3v) is 3.41. The summed E-state index contributed by atoms with van der Waals surface area (Å²) in [7, 11) is 0. The molecule has 1 aromatic carbocycles. The van der Waals surface area contributed by atoms with Crippen LogP contribution in [0.1, 0.15) is 39.7 Å². The van der Waals surface area contributed by atoms with Crippen molar-refractivity contribution in [3.8, 4) is 5.75 Å². The fraction of sp³-hybridized carbons (Fsp3) is 0.647. The summed E-state index contributed by atoms with van der Waals surface area (Å²) in [5.74, 6) is 0.809. The number of benzene rings is 1. The summed E-state index contributed by atoms with van der Waals surface area (Å²) < 4.78 is 6.01. The van der Waals surface area contributed by atoms with Gasteiger partial charge in [0.05, 0.1) is 12.7 Å². The molecule has 0 aliphatic carbocycles. The zero-order chi connectivity index (χ0) is 15.9. The Hall–Kier alpha value is -1.10. The lowest BCUT2D eigenvalue weighted by Gasteiger charge is -2.33. The van der Waals surface area contributed by atoms with Crippen molar-refractivity contribution in [3.05, 3.63) is 29.8 Å². The van der Waals surface area contributed by atoms with Gasteiger partial charge in [-0.25, -0.2) is 0 Å². The van der Waals surface area contributed by atoms with E-state index in [-0.39, 0.29) is 24.9 Å². The number of hydrogen-bond acceptors (Lipinski definition) is 4.